The number of nitrogens with zero attached hydrogens (tertiary/aromatic N) is 16. The summed E-state index contributed by atoms with van der Waals surface area (Å²) in [5.41, 5.74) is 10.1. The SMILES string of the molecule is CC(C)OC(=O)[C@H]1CCC[C@H](Oc2ccc(-c3ncn(C)c3COC(=O)N(C)C3CCCC3)cc2)C1.CN(C(=O)OCc1c(-c2ccc(B3OC(C)(C)C(C)(C)O3)cc2)ncn1C)C1CCCC1.CN(C(=O)OCc1c(-c2ccc(Br)cc2)cnn1C)C1CCCC1.CN(C(=O)OCc1c(-c2ccc(O)c(C(F)(F)F)n2)cnn1C)C1CCCC1.CN(C(=O)OCc1c(-c2ccc(O)cc2)ncn1C)C1CCCC1. The van der Waals surface area contributed by atoms with Gasteiger partial charge in [0.25, 0.3) is 0 Å². The Morgan fingerprint density at radius 2 is 0.792 bits per heavy atom. The minimum Gasteiger partial charge on any atom is -0.508 e. The summed E-state index contributed by atoms with van der Waals surface area (Å²) in [6.45, 7) is 12.5. The van der Waals surface area contributed by atoms with Crippen LogP contribution in [0.1, 0.15) is 230 Å². The quantitative estimate of drug-likeness (QED) is 0.0305. The van der Waals surface area contributed by atoms with Crippen LogP contribution in [-0.2, 0) is 117 Å². The molecule has 6 aliphatic carbocycles. The fourth-order valence-corrected chi connectivity index (χ4v) is 19.5. The zero-order chi connectivity index (χ0) is 103. The Labute approximate surface area is 850 Å². The number of ether oxygens (including phenoxy) is 7. The van der Waals surface area contributed by atoms with Gasteiger partial charge < -0.3 is 90.9 Å². The van der Waals surface area contributed by atoms with Crippen molar-refractivity contribution in [2.75, 3.05) is 35.2 Å². The maximum Gasteiger partial charge on any atom is 0.494 e. The molecule has 1 aliphatic heterocycles. The van der Waals surface area contributed by atoms with Crippen molar-refractivity contribution in [2.24, 2.45) is 41.2 Å². The standard InChI is InChI=1S/C28H39N3O5.C24H34BN3O4.C18H22BrN3O2.C18H21F3N4O3.C18H23N3O3/c1-19(2)35-27(32)21-8-7-11-24(16-21)36-23-14-12-20(13-15-23)26-25(30(3)18-29-26)17-34-28(33)31(4)22-9-5-6-10-22;1-23(2)24(3,4)32-25(31-23)18-13-11-17(12-14-18)21-20(27(5)16-26-21)15-30-22(29)28(6)19-9-7-8-10-19;1-21(15-5-3-4-6-15)18(23)24-12-17-16(11-20-22(17)2)13-7-9-14(19)10-8-13;1-24(11-5-3-4-6-11)17(27)28-10-14-12(9-22-25(14)2)13-7-8-15(26)16(23-13)18(19,20)21;1-20-12-19-17(13-7-9-15(22)10-8-13)16(20)11-24-18(23)21(2)14-5-3-4-6-14/h12-15,18-19,21-22,24H,5-11,16-17H2,1-4H3;11-14,16,19H,7-10,15H2,1-6H3;7-11,15H,3-6,12H2,1-2H3;7-9,11,26H,3-6,10H2,1-2H3;7-10,12,14,22H,3-6,11H2,1-2H3/t21-,24-;;;;/m0..../s1. The molecule has 0 unspecified atom stereocenters. The summed E-state index contributed by atoms with van der Waals surface area (Å²) in [5.74, 6) is -0.195. The molecule has 2 N–H and O–H groups in total. The number of aromatic hydroxyl groups is 2. The Morgan fingerprint density at radius 1 is 0.451 bits per heavy atom. The molecule has 10 aromatic rings. The fourth-order valence-electron chi connectivity index (χ4n) is 19.2. The molecule has 7 aliphatic rings. The summed E-state index contributed by atoms with van der Waals surface area (Å²) in [6.07, 6.45) is 27.1. The van der Waals surface area contributed by atoms with Gasteiger partial charge in [-0.3, -0.25) is 14.2 Å². The normalized spacial score (nSPS) is 17.4. The molecule has 0 bridgehead atoms. The monoisotopic (exact) mass is 2050 g/mol. The summed E-state index contributed by atoms with van der Waals surface area (Å²) < 4.78 is 101. The molecule has 5 amide bonds. The summed E-state index contributed by atoms with van der Waals surface area (Å²) >= 11 is 3.44. The van der Waals surface area contributed by atoms with Crippen LogP contribution in [0.2, 0.25) is 0 Å². The van der Waals surface area contributed by atoms with E-state index < -0.39 is 30.8 Å². The molecule has 38 heteroatoms. The second-order valence-corrected chi connectivity index (χ2v) is 40.6. The lowest BCUT2D eigenvalue weighted by molar-refractivity contribution is -0.154. The number of carbonyl (C=O) groups excluding carboxylic acids is 6. The number of halogens is 4. The molecule has 0 radical (unpaired) electrons. The molecule has 33 nitrogen and oxygen atoms in total. The molecule has 144 heavy (non-hydrogen) atoms. The molecule has 6 saturated carbocycles. The van der Waals surface area contributed by atoms with Crippen molar-refractivity contribution in [3.05, 3.63) is 179 Å². The highest BCUT2D eigenvalue weighted by atomic mass is 79.9. The van der Waals surface area contributed by atoms with Crippen LogP contribution in [0.15, 0.2) is 145 Å². The summed E-state index contributed by atoms with van der Waals surface area (Å²) in [7, 11) is 17.7. The van der Waals surface area contributed by atoms with Crippen LogP contribution in [0.5, 0.6) is 17.2 Å². The number of phenolic OH excluding ortho intramolecular Hbond substituents is 1. The average molecular weight is 2060 g/mol. The molecular weight excluding hydrogens is 1920 g/mol. The van der Waals surface area contributed by atoms with Crippen LogP contribution in [0.3, 0.4) is 0 Å². The number of carbonyl (C=O) groups is 6. The number of esters is 1. The Kier molecular flexibility index (Phi) is 37.3. The van der Waals surface area contributed by atoms with Crippen LogP contribution < -0.4 is 10.2 Å². The van der Waals surface area contributed by atoms with Gasteiger partial charge in [0.05, 0.1) is 112 Å². The number of phenols is 1. The first-order valence-corrected chi connectivity index (χ1v) is 50.8. The van der Waals surface area contributed by atoms with E-state index in [4.69, 9.17) is 42.5 Å². The number of pyridine rings is 1. The maximum absolute atomic E-state index is 13.0. The third kappa shape index (κ3) is 28.0. The van der Waals surface area contributed by atoms with Gasteiger partial charge in [0.2, 0.25) is 0 Å². The first-order valence-electron chi connectivity index (χ1n) is 50.0. The van der Waals surface area contributed by atoms with Crippen LogP contribution in [0.4, 0.5) is 37.1 Å². The lowest BCUT2D eigenvalue weighted by Crippen LogP contribution is -2.41. The van der Waals surface area contributed by atoms with Crippen molar-refractivity contribution in [2.45, 2.75) is 288 Å². The molecule has 17 rings (SSSR count). The van der Waals surface area contributed by atoms with Crippen molar-refractivity contribution in [3.63, 3.8) is 0 Å². The second kappa shape index (κ2) is 49.4. The molecule has 7 heterocycles. The van der Waals surface area contributed by atoms with Crippen LogP contribution in [-0.4, -0.2) is 220 Å². The number of benzene rings is 4. The van der Waals surface area contributed by atoms with Gasteiger partial charge in [-0.05, 0) is 215 Å². The van der Waals surface area contributed by atoms with Gasteiger partial charge in [-0.1, -0.05) is 117 Å². The predicted molar refractivity (Wildman–Crippen MR) is 541 cm³/mol. The zero-order valence-corrected chi connectivity index (χ0v) is 87.3. The fraction of sp³-hybridized carbons (Fsp3) is 0.528. The van der Waals surface area contributed by atoms with E-state index in [0.717, 1.165) is 186 Å². The van der Waals surface area contributed by atoms with E-state index in [9.17, 15) is 52.2 Å². The minimum absolute atomic E-state index is 0.00371. The topological polar surface area (TPSA) is 344 Å². The molecule has 776 valence electrons. The average Bonchev–Trinajstić information content (AvgIpc) is 1.62. The van der Waals surface area contributed by atoms with Gasteiger partial charge in [-0.15, -0.1) is 0 Å². The number of aryl methyl sites for hydroxylation is 5. The van der Waals surface area contributed by atoms with Crippen molar-refractivity contribution < 1.29 is 94.6 Å². The number of hydrogen-bond acceptors (Lipinski definition) is 23. The smallest absolute Gasteiger partial charge is 0.494 e. The van der Waals surface area contributed by atoms with Crippen molar-refractivity contribution >= 4 is 64.9 Å². The van der Waals surface area contributed by atoms with Gasteiger partial charge in [0, 0.05) is 133 Å². The first kappa shape index (κ1) is 109. The van der Waals surface area contributed by atoms with E-state index in [-0.39, 0.29) is 122 Å². The van der Waals surface area contributed by atoms with Gasteiger partial charge in [0.15, 0.2) is 5.69 Å². The molecule has 0 spiro atoms. The minimum atomic E-state index is -4.79. The molecule has 6 aromatic heterocycles. The van der Waals surface area contributed by atoms with Gasteiger partial charge in [-0.2, -0.15) is 23.4 Å². The number of amides is 5. The van der Waals surface area contributed by atoms with E-state index in [1.807, 2.05) is 191 Å². The highest BCUT2D eigenvalue weighted by Crippen LogP contribution is 2.41. The number of hydrogen-bond donors (Lipinski definition) is 2. The molecule has 1 saturated heterocycles. The van der Waals surface area contributed by atoms with Crippen LogP contribution >= 0.6 is 15.9 Å². The van der Waals surface area contributed by atoms with Gasteiger partial charge >= 0.3 is 49.7 Å². The number of imidazole rings is 3. The molecule has 4 aromatic carbocycles. The molecule has 2 atom stereocenters. The predicted octanol–water partition coefficient (Wildman–Crippen LogP) is 20.8. The zero-order valence-electron chi connectivity index (χ0n) is 85.7. The van der Waals surface area contributed by atoms with Gasteiger partial charge in [0.1, 0.15) is 50.3 Å². The number of aromatic nitrogens is 11. The summed E-state index contributed by atoms with van der Waals surface area (Å²) in [6, 6.07) is 34.2. The van der Waals surface area contributed by atoms with E-state index in [1.54, 1.807) is 86.5 Å². The Morgan fingerprint density at radius 3 is 1.16 bits per heavy atom. The van der Waals surface area contributed by atoms with Crippen molar-refractivity contribution in [1.29, 1.82) is 0 Å². The van der Waals surface area contributed by atoms with E-state index in [2.05, 4.69) is 46.1 Å². The van der Waals surface area contributed by atoms with E-state index >= 15 is 0 Å². The Bertz CT molecular complexity index is 5780. The van der Waals surface area contributed by atoms with Crippen molar-refractivity contribution in [3.8, 4) is 73.4 Å². The lowest BCUT2D eigenvalue weighted by Gasteiger charge is -2.32. The van der Waals surface area contributed by atoms with E-state index in [0.29, 0.717) is 29.8 Å². The van der Waals surface area contributed by atoms with E-state index in [1.165, 1.54) is 68.3 Å². The lowest BCUT2D eigenvalue weighted by atomic mass is 9.78. The van der Waals surface area contributed by atoms with Gasteiger partial charge in [-0.25, -0.2) is 43.9 Å². The largest absolute Gasteiger partial charge is 0.508 e. The molecular formula is C106H139BBrF3N16O17. The van der Waals surface area contributed by atoms with Crippen LogP contribution in [0, 0.1) is 5.92 Å². The Balaban J connectivity index is 0.000000152. The third-order valence-electron chi connectivity index (χ3n) is 28.9. The summed E-state index contributed by atoms with van der Waals surface area (Å²) in [5, 5.41) is 27.2. The van der Waals surface area contributed by atoms with Crippen molar-refractivity contribution in [1.82, 2.24) is 77.7 Å². The Hall–Kier alpha value is -12.4. The second-order valence-electron chi connectivity index (χ2n) is 39.7. The highest BCUT2D eigenvalue weighted by molar-refractivity contribution is 9.10. The highest BCUT2D eigenvalue weighted by Gasteiger charge is 2.52. The summed E-state index contributed by atoms with van der Waals surface area (Å²) in [4.78, 5) is 99.8. The van der Waals surface area contributed by atoms with Crippen LogP contribution in [0.25, 0.3) is 56.2 Å². The number of alkyl halides is 3. The maximum atomic E-state index is 13.0. The third-order valence-corrected chi connectivity index (χ3v) is 29.5. The number of rotatable bonds is 25. The molecule has 7 fully saturated rings. The first-order chi connectivity index (χ1) is 68.7.